The van der Waals surface area contributed by atoms with Crippen LogP contribution in [0.5, 0.6) is 0 Å². The number of carbonyl (C=O) groups is 1. The zero-order chi connectivity index (χ0) is 10.0. The normalized spacial score (nSPS) is 9.21. The van der Waals surface area contributed by atoms with Crippen molar-refractivity contribution < 1.29 is 31.0 Å². The van der Waals surface area contributed by atoms with Gasteiger partial charge in [-0.05, 0) is 6.92 Å². The van der Waals surface area contributed by atoms with E-state index in [4.69, 9.17) is 10.8 Å². The fraction of sp³-hybridized carbons (Fsp3) is 0.286. The topological polar surface area (TPSA) is 96.0 Å². The number of aryl methyl sites for hydroxylation is 1. The van der Waals surface area contributed by atoms with E-state index < -0.39 is 23.9 Å². The van der Waals surface area contributed by atoms with Gasteiger partial charge in [0.2, 0.25) is 5.56 Å². The van der Waals surface area contributed by atoms with Crippen molar-refractivity contribution >= 4 is 11.8 Å². The molecule has 1 heterocycles. The third-order valence-electron chi connectivity index (χ3n) is 1.55. The second kappa shape index (κ2) is 4.90. The fourth-order valence-corrected chi connectivity index (χ4v) is 0.903. The molecule has 0 unspecified atom stereocenters. The van der Waals surface area contributed by atoms with Gasteiger partial charge < -0.3 is 20.4 Å². The zero-order valence-corrected chi connectivity index (χ0v) is 10.3. The minimum Gasteiger partial charge on any atom is -0.480 e. The van der Waals surface area contributed by atoms with E-state index in [1.807, 2.05) is 0 Å². The minimum atomic E-state index is -1.11. The standard InChI is InChI=1S/C7H9N3O3.W/c1-4-2-9-6(8)7(13)10(4)3-5(11)12;/h2H,3H2,1H3,(H3,8,9,11,12);/q;+2/p-1. The van der Waals surface area contributed by atoms with Crippen LogP contribution < -0.4 is 5.56 Å². The van der Waals surface area contributed by atoms with Gasteiger partial charge >= 0.3 is 27.0 Å². The average Bonchev–Trinajstić information content (AvgIpc) is 2.05. The maximum absolute atomic E-state index is 11.2. The molecule has 0 aromatic carbocycles. The van der Waals surface area contributed by atoms with E-state index in [0.29, 0.717) is 5.69 Å². The number of aliphatic carboxylic acids is 1. The molecule has 7 heteroatoms. The van der Waals surface area contributed by atoms with Crippen LogP contribution in [-0.2, 0) is 32.4 Å². The molecule has 0 aliphatic heterocycles. The Bertz CT molecular complexity index is 402. The molecule has 14 heavy (non-hydrogen) atoms. The average molecular weight is 366 g/mol. The molecule has 1 aromatic rings. The summed E-state index contributed by atoms with van der Waals surface area (Å²) in [5.41, 5.74) is 6.82. The molecule has 1 rings (SSSR count). The second-order valence-electron chi connectivity index (χ2n) is 2.53. The third-order valence-corrected chi connectivity index (χ3v) is 1.55. The van der Waals surface area contributed by atoms with Crippen LogP contribution in [0.25, 0.3) is 5.73 Å². The number of hydrogen-bond acceptors (Lipinski definition) is 3. The van der Waals surface area contributed by atoms with Crippen LogP contribution in [0.2, 0.25) is 0 Å². The summed E-state index contributed by atoms with van der Waals surface area (Å²) < 4.78 is 0.998. The molecular formula is C7H8N3O3W+. The van der Waals surface area contributed by atoms with Crippen LogP contribution in [0.1, 0.15) is 5.69 Å². The van der Waals surface area contributed by atoms with Crippen molar-refractivity contribution in [1.29, 1.82) is 0 Å². The Morgan fingerprint density at radius 1 is 1.71 bits per heavy atom. The van der Waals surface area contributed by atoms with E-state index in [9.17, 15) is 9.59 Å². The largest absolute Gasteiger partial charge is 2.00 e. The summed E-state index contributed by atoms with van der Waals surface area (Å²) in [5, 5.41) is 8.47. The second-order valence-corrected chi connectivity index (χ2v) is 2.53. The first-order valence-corrected chi connectivity index (χ1v) is 3.52. The van der Waals surface area contributed by atoms with Gasteiger partial charge in [-0.1, -0.05) is 6.20 Å². The quantitative estimate of drug-likeness (QED) is 0.816. The Kier molecular flexibility index (Phi) is 4.50. The predicted octanol–water partition coefficient (Wildman–Crippen LogP) is 0.318. The summed E-state index contributed by atoms with van der Waals surface area (Å²) in [7, 11) is 0. The van der Waals surface area contributed by atoms with Crippen molar-refractivity contribution in [1.82, 2.24) is 9.55 Å². The van der Waals surface area contributed by atoms with E-state index in [1.54, 1.807) is 6.92 Å². The number of carboxylic acids is 1. The van der Waals surface area contributed by atoms with Gasteiger partial charge in [0.05, 0.1) is 0 Å². The summed E-state index contributed by atoms with van der Waals surface area (Å²) >= 11 is 0. The molecule has 0 aliphatic carbocycles. The first-order chi connectivity index (χ1) is 6.02. The van der Waals surface area contributed by atoms with Gasteiger partial charge in [0.25, 0.3) is 0 Å². The van der Waals surface area contributed by atoms with Crippen LogP contribution in [0, 0.1) is 6.92 Å². The number of nitrogens with one attached hydrogen (secondary N) is 1. The van der Waals surface area contributed by atoms with Crippen LogP contribution in [-0.4, -0.2) is 20.6 Å². The molecule has 6 nitrogen and oxygen atoms in total. The smallest absolute Gasteiger partial charge is 0.480 e. The van der Waals surface area contributed by atoms with Gasteiger partial charge in [0.15, 0.2) is 0 Å². The fourth-order valence-electron chi connectivity index (χ4n) is 0.903. The van der Waals surface area contributed by atoms with Crippen molar-refractivity contribution in [2.24, 2.45) is 0 Å². The van der Waals surface area contributed by atoms with E-state index >= 15 is 0 Å². The Morgan fingerprint density at radius 3 is 2.79 bits per heavy atom. The van der Waals surface area contributed by atoms with Crippen molar-refractivity contribution in [2.45, 2.75) is 13.5 Å². The van der Waals surface area contributed by atoms with Gasteiger partial charge in [-0.3, -0.25) is 9.59 Å². The number of rotatable bonds is 2. The van der Waals surface area contributed by atoms with E-state index in [0.717, 1.165) is 4.57 Å². The summed E-state index contributed by atoms with van der Waals surface area (Å²) in [6.45, 7) is 1.13. The minimum absolute atomic E-state index is 0. The van der Waals surface area contributed by atoms with Gasteiger partial charge in [-0.25, -0.2) is 0 Å². The summed E-state index contributed by atoms with van der Waals surface area (Å²) in [6, 6.07) is 0. The maximum Gasteiger partial charge on any atom is 2.00 e. The molecule has 0 bridgehead atoms. The van der Waals surface area contributed by atoms with Crippen molar-refractivity contribution in [3.63, 3.8) is 0 Å². The van der Waals surface area contributed by atoms with Crippen molar-refractivity contribution in [2.75, 3.05) is 0 Å². The number of nitrogens with zero attached hydrogens (tertiary/aromatic N) is 2. The summed E-state index contributed by atoms with van der Waals surface area (Å²) in [5.74, 6) is -1.55. The van der Waals surface area contributed by atoms with Crippen molar-refractivity contribution in [3.8, 4) is 0 Å². The molecule has 0 amide bonds. The third kappa shape index (κ3) is 2.67. The Morgan fingerprint density at radius 2 is 2.29 bits per heavy atom. The van der Waals surface area contributed by atoms with E-state index in [1.165, 1.54) is 6.20 Å². The molecule has 1 aromatic heterocycles. The monoisotopic (exact) mass is 366 g/mol. The number of hydrogen-bond donors (Lipinski definition) is 1. The Hall–Kier alpha value is -1.16. The Labute approximate surface area is 94.0 Å². The van der Waals surface area contributed by atoms with E-state index in [2.05, 4.69) is 4.98 Å². The van der Waals surface area contributed by atoms with Gasteiger partial charge in [-0.15, -0.1) is 0 Å². The van der Waals surface area contributed by atoms with Crippen molar-refractivity contribution in [3.05, 3.63) is 28.0 Å². The number of aromatic nitrogens is 2. The first-order valence-electron chi connectivity index (χ1n) is 3.52. The molecule has 0 saturated carbocycles. The first kappa shape index (κ1) is 12.8. The van der Waals surface area contributed by atoms with Crippen LogP contribution in [0.15, 0.2) is 11.0 Å². The summed E-state index contributed by atoms with van der Waals surface area (Å²) in [4.78, 5) is 25.0. The Balaban J connectivity index is 0.00000169. The number of carboxylic acid groups (broad SMARTS) is 1. The molecular weight excluding hydrogens is 358 g/mol. The van der Waals surface area contributed by atoms with Crippen LogP contribution in [0.3, 0.4) is 0 Å². The molecule has 0 aliphatic rings. The van der Waals surface area contributed by atoms with Gasteiger partial charge in [-0.2, -0.15) is 0 Å². The molecule has 0 saturated heterocycles. The zero-order valence-electron chi connectivity index (χ0n) is 7.35. The molecule has 0 atom stereocenters. The SMILES string of the molecule is Cc1cnc([NH-])c(=O)n1CC(=O)O.[W+2]. The molecule has 0 fully saturated rings. The van der Waals surface area contributed by atoms with Crippen LogP contribution in [0.4, 0.5) is 5.82 Å². The summed E-state index contributed by atoms with van der Waals surface area (Å²) in [6.07, 6.45) is 1.30. The maximum atomic E-state index is 11.2. The van der Waals surface area contributed by atoms with Gasteiger partial charge in [0.1, 0.15) is 6.54 Å². The van der Waals surface area contributed by atoms with Gasteiger partial charge in [0, 0.05) is 11.5 Å². The van der Waals surface area contributed by atoms with Crippen LogP contribution >= 0.6 is 0 Å². The van der Waals surface area contributed by atoms with E-state index in [-0.39, 0.29) is 21.1 Å². The molecule has 0 radical (unpaired) electrons. The predicted molar refractivity (Wildman–Crippen MR) is 44.9 cm³/mol. The molecule has 2 N–H and O–H groups in total. The molecule has 0 spiro atoms. The molecule has 74 valence electrons.